The van der Waals surface area contributed by atoms with Crippen LogP contribution in [-0.2, 0) is 4.79 Å². The molecule has 0 aliphatic carbocycles. The number of para-hydroxylation sites is 1. The summed E-state index contributed by atoms with van der Waals surface area (Å²) >= 11 is 0. The number of benzene rings is 3. The highest BCUT2D eigenvalue weighted by Gasteiger charge is 2.11. The van der Waals surface area contributed by atoms with Crippen molar-refractivity contribution in [1.82, 2.24) is 15.0 Å². The van der Waals surface area contributed by atoms with Crippen molar-refractivity contribution < 1.29 is 9.53 Å². The first-order valence-electron chi connectivity index (χ1n) is 9.95. The quantitative estimate of drug-likeness (QED) is 0.501. The number of anilines is 1. The predicted molar refractivity (Wildman–Crippen MR) is 118 cm³/mol. The number of nitrogens with one attached hydrogen (secondary N) is 1. The molecule has 6 nitrogen and oxygen atoms in total. The maximum Gasteiger partial charge on any atom is 0.262 e. The molecule has 1 heterocycles. The number of hydrogen-bond acceptors (Lipinski definition) is 4. The van der Waals surface area contributed by atoms with Crippen molar-refractivity contribution in [2.45, 2.75) is 26.7 Å². The fraction of sp³-hybridized carbons (Fsp3) is 0.208. The van der Waals surface area contributed by atoms with Crippen molar-refractivity contribution in [2.24, 2.45) is 0 Å². The molecule has 0 saturated heterocycles. The molecule has 0 bridgehead atoms. The standard InChI is InChI=1S/C24H24N4O2/c1-16(2)18-9-11-19(12-10-18)28-26-22-13-17(3)21(14-23(22)27-28)25-24(29)15-30-20-7-5-4-6-8-20/h4-14,16H,15H2,1-3H3,(H,25,29). The van der Waals surface area contributed by atoms with Gasteiger partial charge < -0.3 is 10.1 Å². The number of fused-ring (bicyclic) bond motifs is 1. The van der Waals surface area contributed by atoms with E-state index in [1.807, 2.05) is 61.5 Å². The molecule has 4 rings (SSSR count). The molecule has 0 atom stereocenters. The molecular formula is C24H24N4O2. The second-order valence-corrected chi connectivity index (χ2v) is 7.54. The van der Waals surface area contributed by atoms with Gasteiger partial charge in [0.1, 0.15) is 16.8 Å². The smallest absolute Gasteiger partial charge is 0.262 e. The second kappa shape index (κ2) is 8.37. The van der Waals surface area contributed by atoms with E-state index in [9.17, 15) is 4.79 Å². The summed E-state index contributed by atoms with van der Waals surface area (Å²) in [7, 11) is 0. The van der Waals surface area contributed by atoms with E-state index in [1.165, 1.54) is 5.56 Å². The van der Waals surface area contributed by atoms with Gasteiger partial charge in [-0.3, -0.25) is 4.79 Å². The van der Waals surface area contributed by atoms with E-state index >= 15 is 0 Å². The summed E-state index contributed by atoms with van der Waals surface area (Å²) in [5.74, 6) is 0.910. The molecule has 30 heavy (non-hydrogen) atoms. The van der Waals surface area contributed by atoms with Crippen LogP contribution < -0.4 is 10.1 Å². The Hall–Kier alpha value is -3.67. The lowest BCUT2D eigenvalue weighted by Crippen LogP contribution is -2.20. The van der Waals surface area contributed by atoms with Gasteiger partial charge in [0, 0.05) is 5.69 Å². The fourth-order valence-electron chi connectivity index (χ4n) is 3.16. The average molecular weight is 400 g/mol. The molecule has 0 spiro atoms. The van der Waals surface area contributed by atoms with Crippen LogP contribution in [0.15, 0.2) is 66.7 Å². The average Bonchev–Trinajstić information content (AvgIpc) is 3.16. The number of carbonyl (C=O) groups excluding carboxylic acids is 1. The van der Waals surface area contributed by atoms with Gasteiger partial charge in [-0.1, -0.05) is 44.2 Å². The minimum atomic E-state index is -0.224. The highest BCUT2D eigenvalue weighted by Crippen LogP contribution is 2.23. The number of nitrogens with zero attached hydrogens (tertiary/aromatic N) is 3. The lowest BCUT2D eigenvalue weighted by atomic mass is 10.0. The van der Waals surface area contributed by atoms with Gasteiger partial charge in [-0.15, -0.1) is 10.2 Å². The lowest BCUT2D eigenvalue weighted by Gasteiger charge is -2.09. The zero-order valence-corrected chi connectivity index (χ0v) is 17.3. The molecular weight excluding hydrogens is 376 g/mol. The number of ether oxygens (including phenoxy) is 1. The van der Waals surface area contributed by atoms with Gasteiger partial charge in [0.2, 0.25) is 0 Å². The third kappa shape index (κ3) is 4.33. The van der Waals surface area contributed by atoms with Gasteiger partial charge in [0.25, 0.3) is 5.91 Å². The normalized spacial score (nSPS) is 11.1. The summed E-state index contributed by atoms with van der Waals surface area (Å²) in [4.78, 5) is 13.9. The molecule has 0 unspecified atom stereocenters. The Morgan fingerprint density at radius 3 is 2.33 bits per heavy atom. The zero-order valence-electron chi connectivity index (χ0n) is 17.3. The highest BCUT2D eigenvalue weighted by molar-refractivity contribution is 5.95. The molecule has 1 N–H and O–H groups in total. The summed E-state index contributed by atoms with van der Waals surface area (Å²) in [6.07, 6.45) is 0. The Morgan fingerprint density at radius 1 is 1.00 bits per heavy atom. The topological polar surface area (TPSA) is 69.0 Å². The molecule has 1 amide bonds. The minimum absolute atomic E-state index is 0.0591. The van der Waals surface area contributed by atoms with Gasteiger partial charge >= 0.3 is 0 Å². The van der Waals surface area contributed by atoms with Crippen LogP contribution >= 0.6 is 0 Å². The maximum absolute atomic E-state index is 12.3. The van der Waals surface area contributed by atoms with E-state index in [1.54, 1.807) is 4.80 Å². The van der Waals surface area contributed by atoms with E-state index in [4.69, 9.17) is 4.74 Å². The third-order valence-corrected chi connectivity index (χ3v) is 4.90. The summed E-state index contributed by atoms with van der Waals surface area (Å²) in [6, 6.07) is 21.3. The van der Waals surface area contributed by atoms with Crippen LogP contribution in [0.2, 0.25) is 0 Å². The van der Waals surface area contributed by atoms with Gasteiger partial charge in [0.05, 0.1) is 5.69 Å². The molecule has 1 aromatic heterocycles. The van der Waals surface area contributed by atoms with E-state index in [2.05, 4.69) is 41.5 Å². The van der Waals surface area contributed by atoms with Crippen LogP contribution in [0.4, 0.5) is 5.69 Å². The number of aromatic nitrogens is 3. The molecule has 0 saturated carbocycles. The molecule has 0 radical (unpaired) electrons. The number of rotatable bonds is 6. The Kier molecular flexibility index (Phi) is 5.48. The van der Waals surface area contributed by atoms with E-state index in [0.29, 0.717) is 22.9 Å². The summed E-state index contributed by atoms with van der Waals surface area (Å²) in [5, 5.41) is 12.1. The SMILES string of the molecule is Cc1cc2nn(-c3ccc(C(C)C)cc3)nc2cc1NC(=O)COc1ccccc1. The highest BCUT2D eigenvalue weighted by atomic mass is 16.5. The van der Waals surface area contributed by atoms with Gasteiger partial charge in [-0.2, -0.15) is 4.80 Å². The lowest BCUT2D eigenvalue weighted by molar-refractivity contribution is -0.118. The van der Waals surface area contributed by atoms with Crippen molar-refractivity contribution in [3.05, 3.63) is 77.9 Å². The van der Waals surface area contributed by atoms with Crippen molar-refractivity contribution in [3.8, 4) is 11.4 Å². The second-order valence-electron chi connectivity index (χ2n) is 7.54. The van der Waals surface area contributed by atoms with Crippen LogP contribution in [0.5, 0.6) is 5.75 Å². The van der Waals surface area contributed by atoms with Crippen molar-refractivity contribution in [1.29, 1.82) is 0 Å². The van der Waals surface area contributed by atoms with Crippen molar-refractivity contribution in [3.63, 3.8) is 0 Å². The molecule has 0 aliphatic heterocycles. The van der Waals surface area contributed by atoms with E-state index in [0.717, 1.165) is 16.8 Å². The van der Waals surface area contributed by atoms with Crippen LogP contribution in [0.1, 0.15) is 30.9 Å². The van der Waals surface area contributed by atoms with Crippen LogP contribution in [-0.4, -0.2) is 27.5 Å². The monoisotopic (exact) mass is 400 g/mol. The molecule has 0 aliphatic rings. The largest absolute Gasteiger partial charge is 0.484 e. The van der Waals surface area contributed by atoms with Crippen molar-refractivity contribution in [2.75, 3.05) is 11.9 Å². The first kappa shape index (κ1) is 19.6. The molecule has 3 aromatic carbocycles. The third-order valence-electron chi connectivity index (χ3n) is 4.90. The Balaban J connectivity index is 1.51. The molecule has 152 valence electrons. The van der Waals surface area contributed by atoms with Gasteiger partial charge in [-0.05, 0) is 60.4 Å². The zero-order chi connectivity index (χ0) is 21.1. The van der Waals surface area contributed by atoms with Crippen LogP contribution in [0.3, 0.4) is 0 Å². The number of hydrogen-bond donors (Lipinski definition) is 1. The maximum atomic E-state index is 12.3. The Labute approximate surface area is 175 Å². The Bertz CT molecular complexity index is 1170. The fourth-order valence-corrected chi connectivity index (χ4v) is 3.16. The van der Waals surface area contributed by atoms with Crippen LogP contribution in [0.25, 0.3) is 16.7 Å². The molecule has 0 fully saturated rings. The Morgan fingerprint density at radius 2 is 1.67 bits per heavy atom. The van der Waals surface area contributed by atoms with Gasteiger partial charge in [0.15, 0.2) is 6.61 Å². The summed E-state index contributed by atoms with van der Waals surface area (Å²) in [5.41, 5.74) is 5.28. The predicted octanol–water partition coefficient (Wildman–Crippen LogP) is 4.87. The van der Waals surface area contributed by atoms with Crippen LogP contribution in [0, 0.1) is 6.92 Å². The van der Waals surface area contributed by atoms with E-state index in [-0.39, 0.29) is 12.5 Å². The molecule has 6 heteroatoms. The summed E-state index contributed by atoms with van der Waals surface area (Å²) in [6.45, 7) is 6.21. The first-order valence-corrected chi connectivity index (χ1v) is 9.95. The first-order chi connectivity index (χ1) is 14.5. The number of aryl methyl sites for hydroxylation is 1. The molecule has 4 aromatic rings. The van der Waals surface area contributed by atoms with E-state index < -0.39 is 0 Å². The van der Waals surface area contributed by atoms with Crippen molar-refractivity contribution >= 4 is 22.6 Å². The number of carbonyl (C=O) groups is 1. The summed E-state index contributed by atoms with van der Waals surface area (Å²) < 4.78 is 5.51. The number of amides is 1. The minimum Gasteiger partial charge on any atom is -0.484 e. The van der Waals surface area contributed by atoms with Gasteiger partial charge in [-0.25, -0.2) is 0 Å².